The third-order valence-corrected chi connectivity index (χ3v) is 9.20. The van der Waals surface area contributed by atoms with Gasteiger partial charge in [-0.1, -0.05) is 136 Å². The van der Waals surface area contributed by atoms with Crippen LogP contribution in [0.2, 0.25) is 0 Å². The number of hydrogen-bond acceptors (Lipinski definition) is 0. The summed E-state index contributed by atoms with van der Waals surface area (Å²) < 4.78 is 0. The van der Waals surface area contributed by atoms with Crippen molar-refractivity contribution < 1.29 is 0 Å². The van der Waals surface area contributed by atoms with Gasteiger partial charge >= 0.3 is 0 Å². The molecule has 0 nitrogen and oxygen atoms in total. The van der Waals surface area contributed by atoms with E-state index in [4.69, 9.17) is 0 Å². The third kappa shape index (κ3) is 4.06. The minimum absolute atomic E-state index is 1.18. The molecule has 0 radical (unpaired) electrons. The van der Waals surface area contributed by atoms with E-state index in [1.54, 1.807) is 22.3 Å². The summed E-state index contributed by atoms with van der Waals surface area (Å²) in [6.07, 6.45) is 16.1. The maximum Gasteiger partial charge on any atom is -0.00199 e. The van der Waals surface area contributed by atoms with Crippen molar-refractivity contribution in [3.63, 3.8) is 0 Å². The molecule has 0 atom stereocenters. The molecule has 190 valence electrons. The average molecular weight is 495 g/mol. The number of hydrogen-bond donors (Lipinski definition) is 0. The standard InChI is InChI=1S/C38H38/c1-2-4-6-8-13-22-33-30-20-15-14-19-29(30)32(21-12-7-5-3-1)37-34-24-16-23-31-28(27-17-10-9-11-18-27)25-26-35(36(31)34)38(33)37/h9-11,14-20,23-26H,1-8,12-13,21-22H2. The molecule has 0 saturated carbocycles. The maximum atomic E-state index is 2.44. The van der Waals surface area contributed by atoms with Gasteiger partial charge in [-0.2, -0.15) is 0 Å². The zero-order valence-corrected chi connectivity index (χ0v) is 22.6. The van der Waals surface area contributed by atoms with Gasteiger partial charge in [-0.3, -0.25) is 0 Å². The first-order valence-electron chi connectivity index (χ1n) is 15.1. The molecule has 5 aromatic carbocycles. The summed E-state index contributed by atoms with van der Waals surface area (Å²) in [4.78, 5) is 0. The van der Waals surface area contributed by atoms with Crippen molar-refractivity contribution in [1.29, 1.82) is 0 Å². The Bertz CT molecular complexity index is 1540. The lowest BCUT2D eigenvalue weighted by molar-refractivity contribution is 0.551. The molecule has 5 aromatic rings. The van der Waals surface area contributed by atoms with Gasteiger partial charge in [0.05, 0.1) is 0 Å². The van der Waals surface area contributed by atoms with E-state index < -0.39 is 0 Å². The Morgan fingerprint density at radius 2 is 0.816 bits per heavy atom. The van der Waals surface area contributed by atoms with Crippen LogP contribution in [0.15, 0.2) is 84.9 Å². The Kier molecular flexibility index (Phi) is 6.50. The molecule has 7 rings (SSSR count). The Morgan fingerprint density at radius 3 is 1.42 bits per heavy atom. The highest BCUT2D eigenvalue weighted by atomic mass is 14.3. The summed E-state index contributed by atoms with van der Waals surface area (Å²) in [5.74, 6) is 0. The van der Waals surface area contributed by atoms with Gasteiger partial charge in [-0.25, -0.2) is 0 Å². The van der Waals surface area contributed by atoms with Gasteiger partial charge in [0, 0.05) is 0 Å². The van der Waals surface area contributed by atoms with E-state index in [0.29, 0.717) is 0 Å². The molecular formula is C38H38. The first-order chi connectivity index (χ1) is 18.9. The second kappa shape index (κ2) is 10.4. The summed E-state index contributed by atoms with van der Waals surface area (Å²) in [6.45, 7) is 0. The summed E-state index contributed by atoms with van der Waals surface area (Å²) in [5.41, 5.74) is 11.9. The molecular weight excluding hydrogens is 456 g/mol. The van der Waals surface area contributed by atoms with E-state index in [9.17, 15) is 0 Å². The van der Waals surface area contributed by atoms with Crippen molar-refractivity contribution in [1.82, 2.24) is 0 Å². The topological polar surface area (TPSA) is 0 Å². The van der Waals surface area contributed by atoms with Crippen LogP contribution in [0.4, 0.5) is 0 Å². The minimum Gasteiger partial charge on any atom is -0.0622 e. The number of benzene rings is 5. The molecule has 0 spiro atoms. The molecule has 0 amide bonds. The van der Waals surface area contributed by atoms with Gasteiger partial charge in [-0.05, 0) is 91.7 Å². The molecule has 2 bridgehead atoms. The lowest BCUT2D eigenvalue weighted by atomic mass is 9.83. The highest BCUT2D eigenvalue weighted by molar-refractivity contribution is 6.22. The molecule has 0 heteroatoms. The van der Waals surface area contributed by atoms with Crippen molar-refractivity contribution in [2.24, 2.45) is 0 Å². The quantitative estimate of drug-likeness (QED) is 0.213. The minimum atomic E-state index is 1.18. The largest absolute Gasteiger partial charge is 0.0622 e. The predicted molar refractivity (Wildman–Crippen MR) is 165 cm³/mol. The molecule has 0 heterocycles. The van der Waals surface area contributed by atoms with Gasteiger partial charge in [0.25, 0.3) is 0 Å². The zero-order chi connectivity index (χ0) is 25.3. The molecule has 2 aliphatic carbocycles. The van der Waals surface area contributed by atoms with Crippen LogP contribution in [-0.2, 0) is 12.8 Å². The second-order valence-corrected chi connectivity index (χ2v) is 11.5. The molecule has 0 unspecified atom stereocenters. The van der Waals surface area contributed by atoms with Crippen LogP contribution in [0.3, 0.4) is 0 Å². The number of rotatable bonds is 1. The SMILES string of the molecule is c1ccc(-c2ccc3c4c(cccc24)-c2c-3c3c4ccccc4c2CCCCCCCCCCCC3)cc1. The van der Waals surface area contributed by atoms with E-state index in [1.807, 2.05) is 0 Å². The number of aryl methyl sites for hydroxylation is 2. The molecule has 2 aliphatic rings. The lowest BCUT2D eigenvalue weighted by Gasteiger charge is -2.20. The van der Waals surface area contributed by atoms with Crippen LogP contribution in [0.5, 0.6) is 0 Å². The summed E-state index contributed by atoms with van der Waals surface area (Å²) >= 11 is 0. The van der Waals surface area contributed by atoms with Gasteiger partial charge < -0.3 is 0 Å². The van der Waals surface area contributed by atoms with E-state index in [1.165, 1.54) is 121 Å². The second-order valence-electron chi connectivity index (χ2n) is 11.5. The Balaban J connectivity index is 1.48. The van der Waals surface area contributed by atoms with E-state index in [0.717, 1.165) is 0 Å². The molecule has 38 heavy (non-hydrogen) atoms. The van der Waals surface area contributed by atoms with E-state index in [2.05, 4.69) is 84.9 Å². The molecule has 0 aliphatic heterocycles. The fourth-order valence-corrected chi connectivity index (χ4v) is 7.40. The fraction of sp³-hybridized carbons (Fsp3) is 0.316. The van der Waals surface area contributed by atoms with Crippen LogP contribution in [0, 0.1) is 0 Å². The van der Waals surface area contributed by atoms with Crippen molar-refractivity contribution in [2.45, 2.75) is 77.0 Å². The van der Waals surface area contributed by atoms with Crippen LogP contribution in [0.1, 0.15) is 75.3 Å². The summed E-state index contributed by atoms with van der Waals surface area (Å²) in [7, 11) is 0. The fourth-order valence-electron chi connectivity index (χ4n) is 7.40. The predicted octanol–water partition coefficient (Wildman–Crippen LogP) is 11.3. The maximum absolute atomic E-state index is 2.44. The molecule has 0 aromatic heterocycles. The normalized spacial score (nSPS) is 16.2. The van der Waals surface area contributed by atoms with Gasteiger partial charge in [0.15, 0.2) is 0 Å². The average Bonchev–Trinajstić information content (AvgIpc) is 3.30. The monoisotopic (exact) mass is 494 g/mol. The summed E-state index contributed by atoms with van der Waals surface area (Å²) in [5, 5.41) is 5.87. The Labute approximate surface area is 227 Å². The number of fused-ring (bicyclic) bond motifs is 5. The van der Waals surface area contributed by atoms with Crippen molar-refractivity contribution >= 4 is 21.5 Å². The Hall–Kier alpha value is -3.38. The first-order valence-corrected chi connectivity index (χ1v) is 15.1. The van der Waals surface area contributed by atoms with Gasteiger partial charge in [-0.15, -0.1) is 0 Å². The lowest BCUT2D eigenvalue weighted by Crippen LogP contribution is -2.00. The van der Waals surface area contributed by atoms with Crippen LogP contribution >= 0.6 is 0 Å². The third-order valence-electron chi connectivity index (χ3n) is 9.20. The smallest absolute Gasteiger partial charge is 0.00199 e. The van der Waals surface area contributed by atoms with Gasteiger partial charge in [0.1, 0.15) is 0 Å². The Morgan fingerprint density at radius 1 is 0.342 bits per heavy atom. The highest BCUT2D eigenvalue weighted by Gasteiger charge is 2.29. The van der Waals surface area contributed by atoms with E-state index in [-0.39, 0.29) is 0 Å². The van der Waals surface area contributed by atoms with Crippen LogP contribution in [0.25, 0.3) is 54.9 Å². The van der Waals surface area contributed by atoms with Crippen LogP contribution < -0.4 is 0 Å². The van der Waals surface area contributed by atoms with E-state index >= 15 is 0 Å². The van der Waals surface area contributed by atoms with Crippen molar-refractivity contribution in [2.75, 3.05) is 0 Å². The highest BCUT2D eigenvalue weighted by Crippen LogP contribution is 2.54. The van der Waals surface area contributed by atoms with Gasteiger partial charge in [0.2, 0.25) is 0 Å². The zero-order valence-electron chi connectivity index (χ0n) is 22.6. The molecule has 0 saturated heterocycles. The molecule has 0 fully saturated rings. The first kappa shape index (κ1) is 23.7. The van der Waals surface area contributed by atoms with Crippen molar-refractivity contribution in [3.05, 3.63) is 96.1 Å². The molecule has 0 N–H and O–H groups in total. The summed E-state index contributed by atoms with van der Waals surface area (Å²) in [6, 6.07) is 32.2. The van der Waals surface area contributed by atoms with Crippen LogP contribution in [-0.4, -0.2) is 0 Å². The van der Waals surface area contributed by atoms with Crippen molar-refractivity contribution in [3.8, 4) is 33.4 Å².